The summed E-state index contributed by atoms with van der Waals surface area (Å²) in [6.07, 6.45) is 9.38. The van der Waals surface area contributed by atoms with Crippen LogP contribution in [-0.4, -0.2) is 26.6 Å². The lowest BCUT2D eigenvalue weighted by molar-refractivity contribution is 0.752. The van der Waals surface area contributed by atoms with Gasteiger partial charge in [0, 0.05) is 53.3 Å². The number of fused-ring (bicyclic) bond motifs is 9. The quantitative estimate of drug-likeness (QED) is 0.169. The highest BCUT2D eigenvalue weighted by atomic mass is 14.8. The predicted octanol–water partition coefficient (Wildman–Crippen LogP) is 8.86. The minimum absolute atomic E-state index is 0.0348. The van der Waals surface area contributed by atoms with E-state index in [2.05, 4.69) is 140 Å². The first-order chi connectivity index (χ1) is 29.2. The molecule has 0 bridgehead atoms. The molecule has 4 nitrogen and oxygen atoms in total. The van der Waals surface area contributed by atoms with Gasteiger partial charge in [0.2, 0.25) is 6.71 Å². The van der Waals surface area contributed by atoms with Crippen molar-refractivity contribution in [2.75, 3.05) is 0 Å². The third kappa shape index (κ3) is 4.61. The van der Waals surface area contributed by atoms with E-state index in [0.29, 0.717) is 0 Å². The Morgan fingerprint density at radius 3 is 2.12 bits per heavy atom. The van der Waals surface area contributed by atoms with Crippen molar-refractivity contribution < 1.29 is 0 Å². The molecule has 0 spiro atoms. The standard InChI is InChI=1S/C54H37BN4/c1-31-27-34(44-22-8-9-23-56-44)28-35-29-40-47-37(50-49(40)45(32-13-4-2-5-14-32)38-19-12-24-57-52(38)50)18-11-21-43(47)55(51(31)35)42-20-10-17-36-39(42)30-41-46(33-15-6-3-7-16-33)53-54(48(36)41)59-26-25-58-53/h2-28,40,45-46H,29-30H2,1H3. The van der Waals surface area contributed by atoms with Gasteiger partial charge >= 0.3 is 0 Å². The Kier molecular flexibility index (Phi) is 7.01. The number of hydrogen-bond acceptors (Lipinski definition) is 4. The summed E-state index contributed by atoms with van der Waals surface area (Å²) < 4.78 is 0. The van der Waals surface area contributed by atoms with Gasteiger partial charge in [-0.1, -0.05) is 149 Å². The lowest BCUT2D eigenvalue weighted by Crippen LogP contribution is -2.55. The average molecular weight is 753 g/mol. The van der Waals surface area contributed by atoms with Crippen LogP contribution in [0.2, 0.25) is 0 Å². The monoisotopic (exact) mass is 752 g/mol. The topological polar surface area (TPSA) is 51.6 Å². The first kappa shape index (κ1) is 33.0. The molecule has 8 aromatic rings. The van der Waals surface area contributed by atoms with Gasteiger partial charge in [0.15, 0.2) is 0 Å². The maximum Gasteiger partial charge on any atom is 0.242 e. The minimum atomic E-state index is 0.0348. The SMILES string of the molecule is Cc1cc(-c2ccccn2)cc2c1B(c1cccc3c1CC1=C3c3nccnc3C1c1ccccc1)c1cccc3c1C(C2)C1=C3c2ncccc2C1c1ccccc1. The molecule has 0 fully saturated rings. The summed E-state index contributed by atoms with van der Waals surface area (Å²) in [6.45, 7) is 2.37. The Balaban J connectivity index is 1.06. The first-order valence-electron chi connectivity index (χ1n) is 20.9. The van der Waals surface area contributed by atoms with E-state index in [1.54, 1.807) is 0 Å². The van der Waals surface area contributed by atoms with Crippen LogP contribution >= 0.6 is 0 Å². The predicted molar refractivity (Wildman–Crippen MR) is 237 cm³/mol. The highest BCUT2D eigenvalue weighted by Gasteiger charge is 2.49. The van der Waals surface area contributed by atoms with Gasteiger partial charge in [-0.25, -0.2) is 0 Å². The van der Waals surface area contributed by atoms with Crippen LogP contribution in [0.1, 0.15) is 84.9 Å². The summed E-state index contributed by atoms with van der Waals surface area (Å²) in [7, 11) is 0. The van der Waals surface area contributed by atoms with Gasteiger partial charge < -0.3 is 0 Å². The van der Waals surface area contributed by atoms with Gasteiger partial charge in [-0.3, -0.25) is 19.9 Å². The summed E-state index contributed by atoms with van der Waals surface area (Å²) in [6, 6.07) is 51.7. The van der Waals surface area contributed by atoms with E-state index >= 15 is 0 Å². The van der Waals surface area contributed by atoms with Crippen LogP contribution < -0.4 is 16.4 Å². The van der Waals surface area contributed by atoms with Gasteiger partial charge in [-0.2, -0.15) is 0 Å². The van der Waals surface area contributed by atoms with Crippen LogP contribution in [0.15, 0.2) is 175 Å². The van der Waals surface area contributed by atoms with Crippen molar-refractivity contribution >= 4 is 34.2 Å². The van der Waals surface area contributed by atoms with E-state index in [4.69, 9.17) is 19.9 Å². The van der Waals surface area contributed by atoms with E-state index < -0.39 is 0 Å². The van der Waals surface area contributed by atoms with E-state index in [9.17, 15) is 0 Å². The summed E-state index contributed by atoms with van der Waals surface area (Å²) in [5, 5.41) is 0. The van der Waals surface area contributed by atoms with Gasteiger partial charge in [-0.05, 0) is 88.1 Å². The number of pyridine rings is 2. The maximum atomic E-state index is 5.16. The smallest absolute Gasteiger partial charge is 0.242 e. The van der Waals surface area contributed by atoms with Crippen molar-refractivity contribution in [1.82, 2.24) is 19.9 Å². The molecule has 0 N–H and O–H groups in total. The Morgan fingerprint density at radius 2 is 1.31 bits per heavy atom. The second-order valence-electron chi connectivity index (χ2n) is 16.8. The minimum Gasteiger partial charge on any atom is -0.256 e. The lowest BCUT2D eigenvalue weighted by atomic mass is 9.34. The fourth-order valence-electron chi connectivity index (χ4n) is 11.8. The molecule has 0 saturated carbocycles. The Hall–Kier alpha value is -6.98. The Morgan fingerprint density at radius 1 is 0.576 bits per heavy atom. The summed E-state index contributed by atoms with van der Waals surface area (Å²) >= 11 is 0. The number of hydrogen-bond donors (Lipinski definition) is 0. The van der Waals surface area contributed by atoms with Gasteiger partial charge in [0.1, 0.15) is 0 Å². The molecule has 5 aromatic carbocycles. The molecule has 4 heterocycles. The number of allylic oxidation sites excluding steroid dienone is 2. The van der Waals surface area contributed by atoms with Gasteiger partial charge in [0.05, 0.1) is 28.7 Å². The molecule has 4 aliphatic carbocycles. The van der Waals surface area contributed by atoms with Gasteiger partial charge in [-0.15, -0.1) is 0 Å². The molecule has 0 amide bonds. The molecule has 3 aromatic heterocycles. The highest BCUT2D eigenvalue weighted by molar-refractivity contribution is 6.96. The molecule has 1 aliphatic heterocycles. The maximum absolute atomic E-state index is 5.16. The largest absolute Gasteiger partial charge is 0.256 e. The molecule has 3 atom stereocenters. The molecule has 276 valence electrons. The fraction of sp³-hybridized carbons (Fsp3) is 0.111. The lowest BCUT2D eigenvalue weighted by Gasteiger charge is -2.25. The molecule has 0 saturated heterocycles. The van der Waals surface area contributed by atoms with Crippen molar-refractivity contribution in [3.05, 3.63) is 243 Å². The highest BCUT2D eigenvalue weighted by Crippen LogP contribution is 2.59. The van der Waals surface area contributed by atoms with Crippen LogP contribution in [0.3, 0.4) is 0 Å². The zero-order valence-corrected chi connectivity index (χ0v) is 32.6. The van der Waals surface area contributed by atoms with Crippen LogP contribution in [-0.2, 0) is 12.8 Å². The molecule has 13 rings (SSSR count). The second-order valence-corrected chi connectivity index (χ2v) is 16.8. The van der Waals surface area contributed by atoms with E-state index in [-0.39, 0.29) is 24.5 Å². The molecule has 5 aliphatic rings. The van der Waals surface area contributed by atoms with E-state index in [1.807, 2.05) is 30.9 Å². The molecule has 0 radical (unpaired) electrons. The molecule has 3 unspecified atom stereocenters. The number of nitrogens with zero attached hydrogens (tertiary/aromatic N) is 4. The average Bonchev–Trinajstić information content (AvgIpc) is 3.99. The van der Waals surface area contributed by atoms with Crippen LogP contribution in [0.25, 0.3) is 22.4 Å². The Bertz CT molecular complexity index is 3130. The number of benzene rings is 5. The summed E-state index contributed by atoms with van der Waals surface area (Å²) in [5.41, 5.74) is 27.4. The second kappa shape index (κ2) is 12.5. The van der Waals surface area contributed by atoms with E-state index in [0.717, 1.165) is 35.6 Å². The molecular weight excluding hydrogens is 715 g/mol. The van der Waals surface area contributed by atoms with Crippen molar-refractivity contribution in [2.45, 2.75) is 37.5 Å². The Labute approximate surface area is 344 Å². The van der Waals surface area contributed by atoms with Crippen LogP contribution in [0.5, 0.6) is 0 Å². The van der Waals surface area contributed by atoms with Crippen molar-refractivity contribution in [3.63, 3.8) is 0 Å². The molecular formula is C54H37BN4. The van der Waals surface area contributed by atoms with Crippen molar-refractivity contribution in [2.24, 2.45) is 0 Å². The molecule has 59 heavy (non-hydrogen) atoms. The van der Waals surface area contributed by atoms with Crippen LogP contribution in [0.4, 0.5) is 0 Å². The molecule has 5 heteroatoms. The number of aryl methyl sites for hydroxylation is 1. The normalized spacial score (nSPS) is 18.8. The van der Waals surface area contributed by atoms with Gasteiger partial charge in [0.25, 0.3) is 0 Å². The third-order valence-electron chi connectivity index (χ3n) is 13.9. The summed E-state index contributed by atoms with van der Waals surface area (Å²) in [4.78, 5) is 20.0. The fourth-order valence-corrected chi connectivity index (χ4v) is 11.8. The summed E-state index contributed by atoms with van der Waals surface area (Å²) in [5.74, 6) is 0.422. The number of aromatic nitrogens is 4. The van der Waals surface area contributed by atoms with E-state index in [1.165, 1.54) is 94.3 Å². The first-order valence-corrected chi connectivity index (χ1v) is 20.9. The zero-order valence-electron chi connectivity index (χ0n) is 32.6. The number of rotatable bonds is 4. The van der Waals surface area contributed by atoms with Crippen molar-refractivity contribution in [3.8, 4) is 11.3 Å². The van der Waals surface area contributed by atoms with Crippen LogP contribution in [0, 0.1) is 6.92 Å². The third-order valence-corrected chi connectivity index (χ3v) is 13.9. The zero-order chi connectivity index (χ0) is 38.8. The van der Waals surface area contributed by atoms with Crippen molar-refractivity contribution in [1.29, 1.82) is 0 Å².